The minimum absolute atomic E-state index is 0.0623. The highest BCUT2D eigenvalue weighted by atomic mass is 32.1. The molecule has 20 heavy (non-hydrogen) atoms. The van der Waals surface area contributed by atoms with Crippen LogP contribution in [0.2, 0.25) is 0 Å². The zero-order valence-electron chi connectivity index (χ0n) is 12.7. The van der Waals surface area contributed by atoms with Crippen molar-refractivity contribution in [2.45, 2.75) is 59.0 Å². The Hall–Kier alpha value is -0.940. The van der Waals surface area contributed by atoms with Crippen molar-refractivity contribution in [3.63, 3.8) is 0 Å². The number of carbonyl (C=O) groups excluding carboxylic acids is 1. The maximum atomic E-state index is 11.7. The lowest BCUT2D eigenvalue weighted by Crippen LogP contribution is -2.36. The molecule has 1 aromatic rings. The standard InChI is InChI=1S/C15H25N3OS/c1-11(2)8-14(19)17-15-16-9-13(20-15)10-18-7-5-4-6-12(18)3/h9,11-12H,4-8,10H2,1-3H3,(H,16,17,19). The van der Waals surface area contributed by atoms with Gasteiger partial charge in [-0.3, -0.25) is 9.69 Å². The number of amides is 1. The first kappa shape index (κ1) is 15.4. The van der Waals surface area contributed by atoms with Crippen molar-refractivity contribution >= 4 is 22.4 Å². The molecule has 5 heteroatoms. The molecule has 0 bridgehead atoms. The highest BCUT2D eigenvalue weighted by Gasteiger charge is 2.19. The summed E-state index contributed by atoms with van der Waals surface area (Å²) in [7, 11) is 0. The monoisotopic (exact) mass is 295 g/mol. The summed E-state index contributed by atoms with van der Waals surface area (Å²) in [4.78, 5) is 19.8. The molecule has 112 valence electrons. The van der Waals surface area contributed by atoms with Gasteiger partial charge >= 0.3 is 0 Å². The summed E-state index contributed by atoms with van der Waals surface area (Å²) >= 11 is 1.60. The minimum Gasteiger partial charge on any atom is -0.302 e. The Bertz CT molecular complexity index is 444. The van der Waals surface area contributed by atoms with Crippen LogP contribution < -0.4 is 5.32 Å². The molecule has 1 aromatic heterocycles. The van der Waals surface area contributed by atoms with Crippen molar-refractivity contribution in [3.05, 3.63) is 11.1 Å². The second-order valence-electron chi connectivity index (χ2n) is 6.09. The lowest BCUT2D eigenvalue weighted by Gasteiger charge is -2.32. The third-order valence-corrected chi connectivity index (χ3v) is 4.59. The van der Waals surface area contributed by atoms with E-state index >= 15 is 0 Å². The number of hydrogen-bond donors (Lipinski definition) is 1. The molecule has 2 rings (SSSR count). The van der Waals surface area contributed by atoms with Gasteiger partial charge in [-0.2, -0.15) is 0 Å². The van der Waals surface area contributed by atoms with Gasteiger partial charge in [-0.25, -0.2) is 4.98 Å². The van der Waals surface area contributed by atoms with E-state index in [9.17, 15) is 4.79 Å². The molecule has 0 aromatic carbocycles. The van der Waals surface area contributed by atoms with Gasteiger partial charge < -0.3 is 5.32 Å². The topological polar surface area (TPSA) is 45.2 Å². The van der Waals surface area contributed by atoms with Crippen LogP contribution in [0.4, 0.5) is 5.13 Å². The molecule has 1 aliphatic heterocycles. The summed E-state index contributed by atoms with van der Waals surface area (Å²) in [5, 5.41) is 3.62. The van der Waals surface area contributed by atoms with Crippen LogP contribution in [0.15, 0.2) is 6.20 Å². The Balaban J connectivity index is 1.87. The number of nitrogens with one attached hydrogen (secondary N) is 1. The first-order valence-corrected chi connectivity index (χ1v) is 8.35. The zero-order chi connectivity index (χ0) is 14.5. The number of piperidine rings is 1. The molecule has 1 atom stereocenters. The van der Waals surface area contributed by atoms with Gasteiger partial charge in [0, 0.05) is 30.1 Å². The van der Waals surface area contributed by atoms with E-state index in [0.717, 1.165) is 11.7 Å². The average Bonchev–Trinajstić information content (AvgIpc) is 2.78. The molecule has 1 unspecified atom stereocenters. The summed E-state index contributed by atoms with van der Waals surface area (Å²) in [6, 6.07) is 0.657. The van der Waals surface area contributed by atoms with E-state index in [1.807, 2.05) is 20.0 Å². The summed E-state index contributed by atoms with van der Waals surface area (Å²) < 4.78 is 0. The zero-order valence-corrected chi connectivity index (χ0v) is 13.5. The van der Waals surface area contributed by atoms with Gasteiger partial charge in [0.15, 0.2) is 5.13 Å². The number of likely N-dealkylation sites (tertiary alicyclic amines) is 1. The highest BCUT2D eigenvalue weighted by molar-refractivity contribution is 7.15. The van der Waals surface area contributed by atoms with Gasteiger partial charge in [-0.05, 0) is 32.2 Å². The Morgan fingerprint density at radius 3 is 3.05 bits per heavy atom. The predicted molar refractivity (Wildman–Crippen MR) is 83.9 cm³/mol. The molecule has 4 nitrogen and oxygen atoms in total. The van der Waals surface area contributed by atoms with E-state index in [1.165, 1.54) is 30.7 Å². The highest BCUT2D eigenvalue weighted by Crippen LogP contribution is 2.24. The number of thiazole rings is 1. The van der Waals surface area contributed by atoms with Crippen molar-refractivity contribution in [2.75, 3.05) is 11.9 Å². The third-order valence-electron chi connectivity index (χ3n) is 3.69. The van der Waals surface area contributed by atoms with Gasteiger partial charge in [0.05, 0.1) is 0 Å². The van der Waals surface area contributed by atoms with E-state index in [1.54, 1.807) is 11.3 Å². The quantitative estimate of drug-likeness (QED) is 0.904. The van der Waals surface area contributed by atoms with E-state index in [2.05, 4.69) is 22.1 Å². The Morgan fingerprint density at radius 1 is 1.55 bits per heavy atom. The fourth-order valence-electron chi connectivity index (χ4n) is 2.57. The number of anilines is 1. The minimum atomic E-state index is 0.0623. The second-order valence-corrected chi connectivity index (χ2v) is 7.21. The van der Waals surface area contributed by atoms with Crippen molar-refractivity contribution in [3.8, 4) is 0 Å². The molecule has 1 amide bonds. The Morgan fingerprint density at radius 2 is 2.35 bits per heavy atom. The molecule has 0 aliphatic carbocycles. The summed E-state index contributed by atoms with van der Waals surface area (Å²) in [6.45, 7) is 8.52. The number of aromatic nitrogens is 1. The molecule has 0 saturated carbocycles. The average molecular weight is 295 g/mol. The predicted octanol–water partition coefficient (Wildman–Crippen LogP) is 3.50. The molecule has 1 saturated heterocycles. The fraction of sp³-hybridized carbons (Fsp3) is 0.733. The number of rotatable bonds is 5. The molecule has 1 fully saturated rings. The molecule has 2 heterocycles. The summed E-state index contributed by atoms with van der Waals surface area (Å²) in [5.74, 6) is 0.441. The van der Waals surface area contributed by atoms with Crippen molar-refractivity contribution in [2.24, 2.45) is 5.92 Å². The Kier molecular flexibility index (Phi) is 5.54. The maximum absolute atomic E-state index is 11.7. The SMILES string of the molecule is CC(C)CC(=O)Nc1ncc(CN2CCCCC2C)s1. The van der Waals surface area contributed by atoms with Gasteiger partial charge in [0.25, 0.3) is 0 Å². The van der Waals surface area contributed by atoms with Crippen LogP contribution in [0.5, 0.6) is 0 Å². The van der Waals surface area contributed by atoms with Gasteiger partial charge in [0.1, 0.15) is 0 Å². The van der Waals surface area contributed by atoms with Gasteiger partial charge in [-0.1, -0.05) is 20.3 Å². The summed E-state index contributed by atoms with van der Waals surface area (Å²) in [5.41, 5.74) is 0. The molecular weight excluding hydrogens is 270 g/mol. The normalized spacial score (nSPS) is 20.3. The van der Waals surface area contributed by atoms with Crippen molar-refractivity contribution < 1.29 is 4.79 Å². The third kappa shape index (κ3) is 4.56. The van der Waals surface area contributed by atoms with Crippen LogP contribution in [0, 0.1) is 5.92 Å². The fourth-order valence-corrected chi connectivity index (χ4v) is 3.43. The van der Waals surface area contributed by atoms with Crippen molar-refractivity contribution in [1.29, 1.82) is 0 Å². The van der Waals surface area contributed by atoms with Crippen LogP contribution in [0.3, 0.4) is 0 Å². The molecule has 0 spiro atoms. The number of carbonyl (C=O) groups is 1. The van der Waals surface area contributed by atoms with Crippen molar-refractivity contribution in [1.82, 2.24) is 9.88 Å². The van der Waals surface area contributed by atoms with Crippen LogP contribution >= 0.6 is 11.3 Å². The molecule has 1 aliphatic rings. The number of hydrogen-bond acceptors (Lipinski definition) is 4. The summed E-state index contributed by atoms with van der Waals surface area (Å²) in [6.07, 6.45) is 6.38. The van der Waals surface area contributed by atoms with Gasteiger partial charge in [0.2, 0.25) is 5.91 Å². The van der Waals surface area contributed by atoms with E-state index in [4.69, 9.17) is 0 Å². The van der Waals surface area contributed by atoms with E-state index in [-0.39, 0.29) is 5.91 Å². The van der Waals surface area contributed by atoms with Crippen LogP contribution in [0.25, 0.3) is 0 Å². The smallest absolute Gasteiger partial charge is 0.226 e. The molecular formula is C15H25N3OS. The Labute approximate surface area is 125 Å². The number of nitrogens with zero attached hydrogens (tertiary/aromatic N) is 2. The van der Waals surface area contributed by atoms with Crippen LogP contribution in [-0.2, 0) is 11.3 Å². The lowest BCUT2D eigenvalue weighted by molar-refractivity contribution is -0.116. The van der Waals surface area contributed by atoms with Gasteiger partial charge in [-0.15, -0.1) is 11.3 Å². The second kappa shape index (κ2) is 7.18. The van der Waals surface area contributed by atoms with Crippen LogP contribution in [-0.4, -0.2) is 28.4 Å². The van der Waals surface area contributed by atoms with E-state index < -0.39 is 0 Å². The molecule has 1 N–H and O–H groups in total. The first-order valence-electron chi connectivity index (χ1n) is 7.53. The maximum Gasteiger partial charge on any atom is 0.226 e. The largest absolute Gasteiger partial charge is 0.302 e. The first-order chi connectivity index (χ1) is 9.54. The lowest BCUT2D eigenvalue weighted by atomic mass is 10.0. The van der Waals surface area contributed by atoms with E-state index in [0.29, 0.717) is 18.4 Å². The van der Waals surface area contributed by atoms with Crippen LogP contribution in [0.1, 0.15) is 51.3 Å². The molecule has 0 radical (unpaired) electrons.